The third-order valence-electron chi connectivity index (χ3n) is 3.94. The molecular formula is C15H18ClF2NO. The minimum Gasteiger partial charge on any atom is -0.345 e. The van der Waals surface area contributed by atoms with Crippen LogP contribution in [0.1, 0.15) is 48.0 Å². The van der Waals surface area contributed by atoms with Gasteiger partial charge in [0.1, 0.15) is 11.6 Å². The molecule has 0 bridgehead atoms. The molecule has 0 heterocycles. The Morgan fingerprint density at radius 1 is 1.25 bits per heavy atom. The molecule has 0 spiro atoms. The summed E-state index contributed by atoms with van der Waals surface area (Å²) in [6.45, 7) is 1.50. The van der Waals surface area contributed by atoms with E-state index in [1.807, 2.05) is 0 Å². The van der Waals surface area contributed by atoms with Crippen LogP contribution in [0.4, 0.5) is 8.78 Å². The molecule has 110 valence electrons. The zero-order valence-corrected chi connectivity index (χ0v) is 12.2. The normalized spacial score (nSPS) is 17.8. The van der Waals surface area contributed by atoms with Crippen LogP contribution in [0.15, 0.2) is 12.1 Å². The van der Waals surface area contributed by atoms with E-state index in [9.17, 15) is 13.6 Å². The molecule has 1 amide bonds. The SMILES string of the molecule is Cc1cc(C(=O)NC2(CCl)CCCCC2)c(F)cc1F. The first kappa shape index (κ1) is 15.2. The summed E-state index contributed by atoms with van der Waals surface area (Å²) in [5, 5.41) is 2.85. The maximum Gasteiger partial charge on any atom is 0.254 e. The van der Waals surface area contributed by atoms with Gasteiger partial charge in [-0.3, -0.25) is 4.79 Å². The minimum atomic E-state index is -0.842. The Balaban J connectivity index is 2.21. The van der Waals surface area contributed by atoms with Crippen LogP contribution in [0.25, 0.3) is 0 Å². The van der Waals surface area contributed by atoms with Crippen LogP contribution in [0.5, 0.6) is 0 Å². The van der Waals surface area contributed by atoms with E-state index in [2.05, 4.69) is 5.32 Å². The van der Waals surface area contributed by atoms with E-state index in [1.165, 1.54) is 13.0 Å². The molecule has 1 saturated carbocycles. The van der Waals surface area contributed by atoms with E-state index in [4.69, 9.17) is 11.6 Å². The molecule has 0 saturated heterocycles. The van der Waals surface area contributed by atoms with Crippen LogP contribution < -0.4 is 5.32 Å². The number of carbonyl (C=O) groups is 1. The molecule has 0 aromatic heterocycles. The van der Waals surface area contributed by atoms with Gasteiger partial charge in [0.25, 0.3) is 5.91 Å². The van der Waals surface area contributed by atoms with E-state index >= 15 is 0 Å². The van der Waals surface area contributed by atoms with Gasteiger partial charge < -0.3 is 5.32 Å². The molecule has 1 aromatic rings. The van der Waals surface area contributed by atoms with E-state index in [0.717, 1.165) is 38.2 Å². The number of aryl methyl sites for hydroxylation is 1. The number of benzene rings is 1. The summed E-state index contributed by atoms with van der Waals surface area (Å²) >= 11 is 6.00. The average molecular weight is 302 g/mol. The average Bonchev–Trinajstić information content (AvgIpc) is 2.43. The standard InChI is InChI=1S/C15H18ClF2NO/c1-10-7-11(13(18)8-12(10)17)14(20)19-15(9-16)5-3-2-4-6-15/h7-8H,2-6,9H2,1H3,(H,19,20). The number of nitrogens with one attached hydrogen (secondary N) is 1. The first-order valence-corrected chi connectivity index (χ1v) is 7.35. The molecule has 2 nitrogen and oxygen atoms in total. The van der Waals surface area contributed by atoms with Crippen LogP contribution in [0, 0.1) is 18.6 Å². The number of hydrogen-bond acceptors (Lipinski definition) is 1. The molecule has 1 N–H and O–H groups in total. The predicted molar refractivity (Wildman–Crippen MR) is 75.1 cm³/mol. The Bertz CT molecular complexity index is 513. The Kier molecular flexibility index (Phi) is 4.63. The lowest BCUT2D eigenvalue weighted by Gasteiger charge is -2.36. The van der Waals surface area contributed by atoms with Gasteiger partial charge in [-0.2, -0.15) is 0 Å². The van der Waals surface area contributed by atoms with Crippen molar-refractivity contribution in [1.29, 1.82) is 0 Å². The van der Waals surface area contributed by atoms with E-state index in [1.54, 1.807) is 0 Å². The first-order valence-electron chi connectivity index (χ1n) is 6.81. The van der Waals surface area contributed by atoms with Crippen LogP contribution in [-0.2, 0) is 0 Å². The molecular weight excluding hydrogens is 284 g/mol. The molecule has 0 aliphatic heterocycles. The molecule has 2 rings (SSSR count). The van der Waals surface area contributed by atoms with Gasteiger partial charge in [-0.15, -0.1) is 11.6 Å². The summed E-state index contributed by atoms with van der Waals surface area (Å²) in [5.74, 6) is -1.70. The van der Waals surface area contributed by atoms with Gasteiger partial charge in [0.15, 0.2) is 0 Å². The van der Waals surface area contributed by atoms with Crippen molar-refractivity contribution < 1.29 is 13.6 Å². The van der Waals surface area contributed by atoms with Crippen molar-refractivity contribution in [2.24, 2.45) is 0 Å². The number of halogens is 3. The van der Waals surface area contributed by atoms with Gasteiger partial charge in [-0.25, -0.2) is 8.78 Å². The minimum absolute atomic E-state index is 0.126. The number of alkyl halides is 1. The quantitative estimate of drug-likeness (QED) is 0.842. The fourth-order valence-corrected chi connectivity index (χ4v) is 2.99. The number of hydrogen-bond donors (Lipinski definition) is 1. The van der Waals surface area contributed by atoms with Crippen LogP contribution in [0.3, 0.4) is 0 Å². The molecule has 20 heavy (non-hydrogen) atoms. The highest BCUT2D eigenvalue weighted by molar-refractivity contribution is 6.19. The van der Waals surface area contributed by atoms with Crippen LogP contribution >= 0.6 is 11.6 Å². The molecule has 5 heteroatoms. The van der Waals surface area contributed by atoms with Crippen molar-refractivity contribution in [3.8, 4) is 0 Å². The second-order valence-electron chi connectivity index (χ2n) is 5.51. The lowest BCUT2D eigenvalue weighted by molar-refractivity contribution is 0.0880. The van der Waals surface area contributed by atoms with E-state index < -0.39 is 23.1 Å². The number of rotatable bonds is 3. The summed E-state index contributed by atoms with van der Waals surface area (Å²) < 4.78 is 27.0. The maximum atomic E-state index is 13.7. The van der Waals surface area contributed by atoms with Crippen molar-refractivity contribution in [3.63, 3.8) is 0 Å². The Morgan fingerprint density at radius 3 is 2.50 bits per heavy atom. The first-order chi connectivity index (χ1) is 9.47. The zero-order valence-electron chi connectivity index (χ0n) is 11.4. The smallest absolute Gasteiger partial charge is 0.254 e. The number of carbonyl (C=O) groups excluding carboxylic acids is 1. The van der Waals surface area contributed by atoms with Gasteiger partial charge in [0.05, 0.1) is 11.1 Å². The fraction of sp³-hybridized carbons (Fsp3) is 0.533. The van der Waals surface area contributed by atoms with Crippen molar-refractivity contribution in [2.45, 2.75) is 44.6 Å². The Hall–Kier alpha value is -1.16. The number of amides is 1. The van der Waals surface area contributed by atoms with Crippen molar-refractivity contribution in [3.05, 3.63) is 34.9 Å². The highest BCUT2D eigenvalue weighted by atomic mass is 35.5. The zero-order chi connectivity index (χ0) is 14.8. The highest BCUT2D eigenvalue weighted by Gasteiger charge is 2.33. The monoisotopic (exact) mass is 301 g/mol. The summed E-state index contributed by atoms with van der Waals surface area (Å²) in [7, 11) is 0. The fourth-order valence-electron chi connectivity index (χ4n) is 2.66. The summed E-state index contributed by atoms with van der Waals surface area (Å²) in [6, 6.07) is 1.99. The molecule has 0 atom stereocenters. The van der Waals surface area contributed by atoms with Crippen molar-refractivity contribution >= 4 is 17.5 Å². The second kappa shape index (κ2) is 6.08. The Morgan fingerprint density at radius 2 is 1.90 bits per heavy atom. The maximum absolute atomic E-state index is 13.7. The molecule has 1 fully saturated rings. The van der Waals surface area contributed by atoms with E-state index in [-0.39, 0.29) is 11.1 Å². The van der Waals surface area contributed by atoms with Crippen molar-refractivity contribution in [2.75, 3.05) is 5.88 Å². The Labute approximate surface area is 122 Å². The largest absolute Gasteiger partial charge is 0.345 e. The second-order valence-corrected chi connectivity index (χ2v) is 5.78. The van der Waals surface area contributed by atoms with Gasteiger partial charge in [-0.1, -0.05) is 19.3 Å². The van der Waals surface area contributed by atoms with Gasteiger partial charge in [0.2, 0.25) is 0 Å². The lowest BCUT2D eigenvalue weighted by Crippen LogP contribution is -2.51. The summed E-state index contributed by atoms with van der Waals surface area (Å²) in [4.78, 5) is 12.2. The highest BCUT2D eigenvalue weighted by Crippen LogP contribution is 2.30. The molecule has 0 unspecified atom stereocenters. The molecule has 1 aliphatic rings. The third-order valence-corrected chi connectivity index (χ3v) is 4.45. The third kappa shape index (κ3) is 3.11. The molecule has 1 aromatic carbocycles. The van der Waals surface area contributed by atoms with Gasteiger partial charge in [0, 0.05) is 11.9 Å². The van der Waals surface area contributed by atoms with Gasteiger partial charge >= 0.3 is 0 Å². The van der Waals surface area contributed by atoms with Crippen LogP contribution in [0.2, 0.25) is 0 Å². The summed E-state index contributed by atoms with van der Waals surface area (Å²) in [6.07, 6.45) is 4.71. The molecule has 0 radical (unpaired) electrons. The summed E-state index contributed by atoms with van der Waals surface area (Å²) in [5.41, 5.74) is -0.342. The predicted octanol–water partition coefficient (Wildman–Crippen LogP) is 3.94. The molecule has 1 aliphatic carbocycles. The van der Waals surface area contributed by atoms with Crippen LogP contribution in [-0.4, -0.2) is 17.3 Å². The van der Waals surface area contributed by atoms with Crippen molar-refractivity contribution in [1.82, 2.24) is 5.32 Å². The van der Waals surface area contributed by atoms with E-state index in [0.29, 0.717) is 5.88 Å². The lowest BCUT2D eigenvalue weighted by atomic mass is 9.83. The van der Waals surface area contributed by atoms with Gasteiger partial charge in [-0.05, 0) is 31.4 Å². The topological polar surface area (TPSA) is 29.1 Å².